The van der Waals surface area contributed by atoms with E-state index in [4.69, 9.17) is 11.0 Å². The van der Waals surface area contributed by atoms with Crippen LogP contribution in [0.5, 0.6) is 0 Å². The summed E-state index contributed by atoms with van der Waals surface area (Å²) < 4.78 is 40.3. The molecule has 0 aromatic heterocycles. The number of nitrogens with zero attached hydrogens (tertiary/aromatic N) is 2. The predicted octanol–water partition coefficient (Wildman–Crippen LogP) is 1.45. The lowest BCUT2D eigenvalue weighted by molar-refractivity contribution is 0.258. The highest BCUT2D eigenvalue weighted by atomic mass is 32.2. The first-order valence-corrected chi connectivity index (χ1v) is 8.33. The zero-order valence-electron chi connectivity index (χ0n) is 11.6. The highest BCUT2D eigenvalue weighted by Gasteiger charge is 2.32. The Balaban J connectivity index is 2.34. The average Bonchev–Trinajstić information content (AvgIpc) is 2.47. The first-order valence-electron chi connectivity index (χ1n) is 6.89. The summed E-state index contributed by atoms with van der Waals surface area (Å²) in [5, 5.41) is 9.01. The number of nitriles is 1. The van der Waals surface area contributed by atoms with Gasteiger partial charge in [-0.15, -0.1) is 0 Å². The molecule has 21 heavy (non-hydrogen) atoms. The van der Waals surface area contributed by atoms with Crippen molar-refractivity contribution in [3.8, 4) is 6.07 Å². The maximum absolute atomic E-state index is 13.6. The second kappa shape index (κ2) is 6.52. The normalized spacial score (nSPS) is 20.1. The van der Waals surface area contributed by atoms with Crippen molar-refractivity contribution in [2.75, 3.05) is 19.6 Å². The van der Waals surface area contributed by atoms with Crippen molar-refractivity contribution in [1.82, 2.24) is 4.31 Å². The number of hydrogen-bond acceptors (Lipinski definition) is 4. The zero-order chi connectivity index (χ0) is 15.5. The fourth-order valence-corrected chi connectivity index (χ4v) is 4.39. The summed E-state index contributed by atoms with van der Waals surface area (Å²) in [7, 11) is -3.85. The van der Waals surface area contributed by atoms with Gasteiger partial charge in [0.1, 0.15) is 22.3 Å². The fraction of sp³-hybridized carbons (Fsp3) is 0.500. The van der Waals surface area contributed by atoms with Gasteiger partial charge in [-0.1, -0.05) is 6.07 Å². The van der Waals surface area contributed by atoms with Crippen molar-refractivity contribution < 1.29 is 12.8 Å². The molecule has 7 heteroatoms. The third-order valence-corrected chi connectivity index (χ3v) is 5.67. The van der Waals surface area contributed by atoms with Crippen LogP contribution in [0.2, 0.25) is 0 Å². The van der Waals surface area contributed by atoms with Crippen LogP contribution < -0.4 is 5.73 Å². The summed E-state index contributed by atoms with van der Waals surface area (Å²) in [6.07, 6.45) is 2.46. The lowest BCUT2D eigenvalue weighted by Gasteiger charge is -2.32. The van der Waals surface area contributed by atoms with Crippen LogP contribution in [-0.4, -0.2) is 32.4 Å². The molecular weight excluding hydrogens is 293 g/mol. The summed E-state index contributed by atoms with van der Waals surface area (Å²) in [6.45, 7) is 1.29. The molecule has 1 fully saturated rings. The molecule has 114 valence electrons. The van der Waals surface area contributed by atoms with Gasteiger partial charge in [0, 0.05) is 13.1 Å². The number of piperidine rings is 1. The molecule has 1 aromatic rings. The van der Waals surface area contributed by atoms with E-state index in [0.29, 0.717) is 19.6 Å². The molecule has 0 radical (unpaired) electrons. The van der Waals surface area contributed by atoms with Crippen molar-refractivity contribution in [2.45, 2.75) is 24.2 Å². The Morgan fingerprint density at radius 3 is 2.90 bits per heavy atom. The standard InChI is InChI=1S/C14H18FN3O2S/c15-13-4-1-5-14(12(13)9-17)21(19,20)18-8-2-3-11(10-18)6-7-16/h1,4-5,11H,2-3,6-8,10,16H2. The monoisotopic (exact) mass is 311 g/mol. The second-order valence-electron chi connectivity index (χ2n) is 5.17. The van der Waals surface area contributed by atoms with E-state index in [0.717, 1.165) is 25.3 Å². The summed E-state index contributed by atoms with van der Waals surface area (Å²) >= 11 is 0. The van der Waals surface area contributed by atoms with Gasteiger partial charge in [0.25, 0.3) is 0 Å². The van der Waals surface area contributed by atoms with E-state index in [2.05, 4.69) is 0 Å². The number of rotatable bonds is 4. The third kappa shape index (κ3) is 3.23. The fourth-order valence-electron chi connectivity index (χ4n) is 2.68. The molecule has 1 aliphatic heterocycles. The van der Waals surface area contributed by atoms with Crippen LogP contribution in [0.3, 0.4) is 0 Å². The molecule has 5 nitrogen and oxygen atoms in total. The quantitative estimate of drug-likeness (QED) is 0.911. The van der Waals surface area contributed by atoms with E-state index < -0.39 is 21.4 Å². The Morgan fingerprint density at radius 1 is 1.48 bits per heavy atom. The lowest BCUT2D eigenvalue weighted by atomic mass is 9.96. The lowest BCUT2D eigenvalue weighted by Crippen LogP contribution is -2.40. The molecule has 1 saturated heterocycles. The maximum Gasteiger partial charge on any atom is 0.244 e. The third-order valence-electron chi connectivity index (χ3n) is 3.76. The van der Waals surface area contributed by atoms with Gasteiger partial charge in [0.15, 0.2) is 0 Å². The molecule has 0 saturated carbocycles. The van der Waals surface area contributed by atoms with Crippen molar-refractivity contribution in [1.29, 1.82) is 5.26 Å². The van der Waals surface area contributed by atoms with Gasteiger partial charge in [0.2, 0.25) is 10.0 Å². The molecule has 1 atom stereocenters. The largest absolute Gasteiger partial charge is 0.330 e. The van der Waals surface area contributed by atoms with Crippen molar-refractivity contribution in [2.24, 2.45) is 11.7 Å². The summed E-state index contributed by atoms with van der Waals surface area (Å²) in [5.41, 5.74) is 5.11. The first kappa shape index (κ1) is 15.9. The molecule has 1 heterocycles. The topological polar surface area (TPSA) is 87.2 Å². The van der Waals surface area contributed by atoms with Gasteiger partial charge in [0.05, 0.1) is 0 Å². The summed E-state index contributed by atoms with van der Waals surface area (Å²) in [6, 6.07) is 5.32. The van der Waals surface area contributed by atoms with E-state index in [9.17, 15) is 12.8 Å². The molecule has 2 rings (SSSR count). The molecule has 0 bridgehead atoms. The smallest absolute Gasteiger partial charge is 0.244 e. The number of hydrogen-bond donors (Lipinski definition) is 1. The van der Waals surface area contributed by atoms with Crippen LogP contribution in [0.1, 0.15) is 24.8 Å². The zero-order valence-corrected chi connectivity index (χ0v) is 12.4. The molecule has 1 unspecified atom stereocenters. The van der Waals surface area contributed by atoms with E-state index in [1.807, 2.05) is 0 Å². The van der Waals surface area contributed by atoms with Crippen LogP contribution in [0, 0.1) is 23.1 Å². The molecule has 0 aliphatic carbocycles. The van der Waals surface area contributed by atoms with Crippen molar-refractivity contribution in [3.05, 3.63) is 29.6 Å². The van der Waals surface area contributed by atoms with Gasteiger partial charge in [-0.2, -0.15) is 9.57 Å². The minimum Gasteiger partial charge on any atom is -0.330 e. The SMILES string of the molecule is N#Cc1c(F)cccc1S(=O)(=O)N1CCCC(CCN)C1. The Morgan fingerprint density at radius 2 is 2.24 bits per heavy atom. The molecule has 0 spiro atoms. The molecule has 1 aliphatic rings. The van der Waals surface area contributed by atoms with Crippen LogP contribution >= 0.6 is 0 Å². The van der Waals surface area contributed by atoms with Crippen LogP contribution in [0.25, 0.3) is 0 Å². The Hall–Kier alpha value is -1.49. The predicted molar refractivity (Wildman–Crippen MR) is 76.3 cm³/mol. The van der Waals surface area contributed by atoms with Gasteiger partial charge in [-0.3, -0.25) is 0 Å². The van der Waals surface area contributed by atoms with E-state index in [-0.39, 0.29) is 10.8 Å². The number of nitrogens with two attached hydrogens (primary N) is 1. The van der Waals surface area contributed by atoms with Gasteiger partial charge in [-0.05, 0) is 43.9 Å². The van der Waals surface area contributed by atoms with Gasteiger partial charge >= 0.3 is 0 Å². The Labute approximate surface area is 124 Å². The van der Waals surface area contributed by atoms with Gasteiger partial charge < -0.3 is 5.73 Å². The summed E-state index contributed by atoms with van der Waals surface area (Å²) in [5.74, 6) is -0.591. The number of benzene rings is 1. The number of halogens is 1. The van der Waals surface area contributed by atoms with Crippen molar-refractivity contribution >= 4 is 10.0 Å². The van der Waals surface area contributed by atoms with Crippen molar-refractivity contribution in [3.63, 3.8) is 0 Å². The van der Waals surface area contributed by atoms with Crippen LogP contribution in [0.4, 0.5) is 4.39 Å². The maximum atomic E-state index is 13.6. The second-order valence-corrected chi connectivity index (χ2v) is 7.08. The first-order chi connectivity index (χ1) is 10.0. The van der Waals surface area contributed by atoms with E-state index in [1.165, 1.54) is 16.4 Å². The van der Waals surface area contributed by atoms with E-state index >= 15 is 0 Å². The number of sulfonamides is 1. The van der Waals surface area contributed by atoms with Gasteiger partial charge in [-0.25, -0.2) is 12.8 Å². The summed E-state index contributed by atoms with van der Waals surface area (Å²) in [4.78, 5) is -0.251. The average molecular weight is 311 g/mol. The molecule has 0 amide bonds. The Kier molecular flexibility index (Phi) is 4.93. The minimum atomic E-state index is -3.85. The van der Waals surface area contributed by atoms with Crippen LogP contribution in [0.15, 0.2) is 23.1 Å². The molecule has 2 N–H and O–H groups in total. The van der Waals surface area contributed by atoms with Crippen LogP contribution in [-0.2, 0) is 10.0 Å². The highest BCUT2D eigenvalue weighted by Crippen LogP contribution is 2.27. The minimum absolute atomic E-state index is 0.220. The Bertz CT molecular complexity index is 653. The molecule has 1 aromatic carbocycles. The molecular formula is C14H18FN3O2S. The van der Waals surface area contributed by atoms with E-state index in [1.54, 1.807) is 6.07 Å². The highest BCUT2D eigenvalue weighted by molar-refractivity contribution is 7.89.